The van der Waals surface area contributed by atoms with Crippen LogP contribution in [0, 0.1) is 0 Å². The number of carbonyl (C=O) groups is 1. The van der Waals surface area contributed by atoms with Crippen LogP contribution in [-0.4, -0.2) is 23.0 Å². The summed E-state index contributed by atoms with van der Waals surface area (Å²) in [4.78, 5) is 19.3. The molecule has 0 aliphatic heterocycles. The standard InChI is InChI=1S/C20H17N3O2/c1-12(24)22-14-5-3-13(4-6-14)19-20-17(9-10-21-20)16-8-7-15(25-2)11-18(16)23-19/h3-11,21H,1-2H3,(H,22,24). The summed E-state index contributed by atoms with van der Waals surface area (Å²) in [6.07, 6.45) is 1.92. The molecule has 4 aromatic rings. The number of methoxy groups -OCH3 is 1. The van der Waals surface area contributed by atoms with Gasteiger partial charge >= 0.3 is 0 Å². The van der Waals surface area contributed by atoms with E-state index in [1.54, 1.807) is 7.11 Å². The summed E-state index contributed by atoms with van der Waals surface area (Å²) in [7, 11) is 1.65. The minimum Gasteiger partial charge on any atom is -0.497 e. The van der Waals surface area contributed by atoms with Crippen molar-refractivity contribution in [2.75, 3.05) is 12.4 Å². The molecule has 0 saturated heterocycles. The van der Waals surface area contributed by atoms with Gasteiger partial charge in [0.15, 0.2) is 0 Å². The second-order valence-electron chi connectivity index (χ2n) is 5.87. The van der Waals surface area contributed by atoms with Crippen molar-refractivity contribution in [1.29, 1.82) is 0 Å². The van der Waals surface area contributed by atoms with Gasteiger partial charge in [-0.05, 0) is 30.3 Å². The van der Waals surface area contributed by atoms with E-state index in [0.717, 1.165) is 44.5 Å². The van der Waals surface area contributed by atoms with Gasteiger partial charge in [-0.15, -0.1) is 0 Å². The van der Waals surface area contributed by atoms with Crippen molar-refractivity contribution in [2.24, 2.45) is 0 Å². The van der Waals surface area contributed by atoms with Gasteiger partial charge in [0.1, 0.15) is 5.75 Å². The number of carbonyl (C=O) groups excluding carboxylic acids is 1. The first-order valence-electron chi connectivity index (χ1n) is 7.98. The van der Waals surface area contributed by atoms with E-state index < -0.39 is 0 Å². The van der Waals surface area contributed by atoms with Crippen LogP contribution in [-0.2, 0) is 4.79 Å². The molecule has 2 aromatic heterocycles. The van der Waals surface area contributed by atoms with E-state index in [1.165, 1.54) is 6.92 Å². The lowest BCUT2D eigenvalue weighted by Gasteiger charge is -2.09. The number of nitrogens with zero attached hydrogens (tertiary/aromatic N) is 1. The van der Waals surface area contributed by atoms with E-state index in [9.17, 15) is 4.79 Å². The zero-order valence-corrected chi connectivity index (χ0v) is 14.0. The molecule has 25 heavy (non-hydrogen) atoms. The van der Waals surface area contributed by atoms with Gasteiger partial charge < -0.3 is 15.0 Å². The lowest BCUT2D eigenvalue weighted by molar-refractivity contribution is -0.114. The molecule has 1 amide bonds. The number of H-pyrrole nitrogens is 1. The molecular formula is C20H17N3O2. The summed E-state index contributed by atoms with van der Waals surface area (Å²) < 4.78 is 5.33. The highest BCUT2D eigenvalue weighted by atomic mass is 16.5. The van der Waals surface area contributed by atoms with Crippen LogP contribution in [0.15, 0.2) is 54.7 Å². The number of anilines is 1. The smallest absolute Gasteiger partial charge is 0.221 e. The summed E-state index contributed by atoms with van der Waals surface area (Å²) in [5.74, 6) is 0.692. The summed E-state index contributed by atoms with van der Waals surface area (Å²) in [6, 6.07) is 15.6. The Kier molecular flexibility index (Phi) is 3.61. The normalized spacial score (nSPS) is 11.0. The Hall–Kier alpha value is -3.34. The van der Waals surface area contributed by atoms with Gasteiger partial charge in [0.05, 0.1) is 23.8 Å². The number of hydrogen-bond acceptors (Lipinski definition) is 3. The Morgan fingerprint density at radius 2 is 1.88 bits per heavy atom. The van der Waals surface area contributed by atoms with Gasteiger partial charge in [-0.3, -0.25) is 4.79 Å². The highest BCUT2D eigenvalue weighted by Gasteiger charge is 2.12. The molecule has 2 heterocycles. The lowest BCUT2D eigenvalue weighted by atomic mass is 10.0. The van der Waals surface area contributed by atoms with Crippen LogP contribution >= 0.6 is 0 Å². The van der Waals surface area contributed by atoms with Gasteiger partial charge in [0.25, 0.3) is 0 Å². The monoisotopic (exact) mass is 331 g/mol. The zero-order chi connectivity index (χ0) is 17.4. The first-order chi connectivity index (χ1) is 12.2. The number of fused-ring (bicyclic) bond motifs is 3. The Balaban J connectivity index is 1.90. The molecule has 2 aromatic carbocycles. The topological polar surface area (TPSA) is 67.0 Å². The minimum atomic E-state index is -0.0876. The van der Waals surface area contributed by atoms with Crippen LogP contribution in [0.4, 0.5) is 5.69 Å². The molecule has 0 radical (unpaired) electrons. The summed E-state index contributed by atoms with van der Waals surface area (Å²) in [6.45, 7) is 1.49. The largest absolute Gasteiger partial charge is 0.497 e. The van der Waals surface area contributed by atoms with Crippen molar-refractivity contribution in [2.45, 2.75) is 6.92 Å². The summed E-state index contributed by atoms with van der Waals surface area (Å²) in [5, 5.41) is 4.98. The number of aromatic nitrogens is 2. The van der Waals surface area contributed by atoms with Gasteiger partial charge in [-0.2, -0.15) is 0 Å². The number of nitrogens with one attached hydrogen (secondary N) is 2. The number of ether oxygens (including phenoxy) is 1. The van der Waals surface area contributed by atoms with Crippen molar-refractivity contribution in [1.82, 2.24) is 9.97 Å². The maximum atomic E-state index is 11.2. The molecule has 0 saturated carbocycles. The van der Waals surface area contributed by atoms with E-state index in [-0.39, 0.29) is 5.91 Å². The molecule has 4 rings (SSSR count). The minimum absolute atomic E-state index is 0.0876. The first kappa shape index (κ1) is 15.2. The second kappa shape index (κ2) is 5.94. The maximum absolute atomic E-state index is 11.2. The van der Waals surface area contributed by atoms with Gasteiger partial charge in [-0.1, -0.05) is 12.1 Å². The third-order valence-corrected chi connectivity index (χ3v) is 4.19. The average molecular weight is 331 g/mol. The SMILES string of the molecule is COc1ccc2c(c1)nc(-c1ccc(NC(C)=O)cc1)c1[nH]ccc12. The quantitative estimate of drug-likeness (QED) is 0.586. The van der Waals surface area contributed by atoms with Crippen molar-refractivity contribution < 1.29 is 9.53 Å². The van der Waals surface area contributed by atoms with Crippen LogP contribution in [0.5, 0.6) is 5.75 Å². The van der Waals surface area contributed by atoms with Gasteiger partial charge in [0.2, 0.25) is 5.91 Å². The van der Waals surface area contributed by atoms with Gasteiger partial charge in [0, 0.05) is 41.2 Å². The molecule has 0 atom stereocenters. The number of benzene rings is 2. The Bertz CT molecular complexity index is 1080. The third kappa shape index (κ3) is 2.70. The number of amides is 1. The van der Waals surface area contributed by atoms with Gasteiger partial charge in [-0.25, -0.2) is 4.98 Å². The van der Waals surface area contributed by atoms with Crippen LogP contribution in [0.2, 0.25) is 0 Å². The highest BCUT2D eigenvalue weighted by Crippen LogP contribution is 2.33. The fraction of sp³-hybridized carbons (Fsp3) is 0.100. The lowest BCUT2D eigenvalue weighted by Crippen LogP contribution is -2.05. The molecule has 124 valence electrons. The molecular weight excluding hydrogens is 314 g/mol. The van der Waals surface area contributed by atoms with Crippen molar-refractivity contribution in [3.05, 3.63) is 54.7 Å². The summed E-state index contributed by atoms with van der Waals surface area (Å²) in [5.41, 5.74) is 4.49. The number of hydrogen-bond donors (Lipinski definition) is 2. The Labute approximate surface area is 144 Å². The molecule has 0 fully saturated rings. The van der Waals surface area contributed by atoms with E-state index in [4.69, 9.17) is 9.72 Å². The Morgan fingerprint density at radius 1 is 1.08 bits per heavy atom. The van der Waals surface area contributed by atoms with E-state index in [1.807, 2.05) is 48.7 Å². The molecule has 5 heteroatoms. The fourth-order valence-corrected chi connectivity index (χ4v) is 3.05. The van der Waals surface area contributed by atoms with E-state index >= 15 is 0 Å². The number of rotatable bonds is 3. The van der Waals surface area contributed by atoms with Crippen molar-refractivity contribution in [3.8, 4) is 17.0 Å². The fourth-order valence-electron chi connectivity index (χ4n) is 3.05. The van der Waals surface area contributed by atoms with Crippen molar-refractivity contribution >= 4 is 33.4 Å². The van der Waals surface area contributed by atoms with Crippen LogP contribution in [0.3, 0.4) is 0 Å². The number of pyridine rings is 1. The second-order valence-corrected chi connectivity index (χ2v) is 5.87. The Morgan fingerprint density at radius 3 is 2.60 bits per heavy atom. The molecule has 0 spiro atoms. The average Bonchev–Trinajstić information content (AvgIpc) is 3.10. The van der Waals surface area contributed by atoms with Crippen LogP contribution < -0.4 is 10.1 Å². The molecule has 0 aliphatic carbocycles. The molecule has 0 bridgehead atoms. The summed E-state index contributed by atoms with van der Waals surface area (Å²) >= 11 is 0. The van der Waals surface area contributed by atoms with Crippen LogP contribution in [0.25, 0.3) is 33.1 Å². The third-order valence-electron chi connectivity index (χ3n) is 4.19. The van der Waals surface area contributed by atoms with E-state index in [2.05, 4.69) is 16.4 Å². The first-order valence-corrected chi connectivity index (χ1v) is 7.98. The predicted octanol–water partition coefficient (Wildman–Crippen LogP) is 4.35. The highest BCUT2D eigenvalue weighted by molar-refractivity contribution is 6.09. The maximum Gasteiger partial charge on any atom is 0.221 e. The molecule has 0 unspecified atom stereocenters. The number of aromatic amines is 1. The zero-order valence-electron chi connectivity index (χ0n) is 14.0. The predicted molar refractivity (Wildman–Crippen MR) is 99.9 cm³/mol. The molecule has 0 aliphatic rings. The van der Waals surface area contributed by atoms with Crippen molar-refractivity contribution in [3.63, 3.8) is 0 Å². The molecule has 2 N–H and O–H groups in total. The molecule has 5 nitrogen and oxygen atoms in total. The van der Waals surface area contributed by atoms with Crippen LogP contribution in [0.1, 0.15) is 6.92 Å². The van der Waals surface area contributed by atoms with E-state index in [0.29, 0.717) is 0 Å².